The van der Waals surface area contributed by atoms with Crippen molar-refractivity contribution in [3.05, 3.63) is 35.4 Å². The lowest BCUT2D eigenvalue weighted by molar-refractivity contribution is 0.457. The van der Waals surface area contributed by atoms with E-state index in [1.54, 1.807) is 0 Å². The van der Waals surface area contributed by atoms with Crippen LogP contribution < -0.4 is 0 Å². The fourth-order valence-corrected chi connectivity index (χ4v) is 4.11. The third-order valence-electron chi connectivity index (χ3n) is 5.52. The van der Waals surface area contributed by atoms with Crippen molar-refractivity contribution in [3.63, 3.8) is 0 Å². The van der Waals surface area contributed by atoms with Crippen molar-refractivity contribution < 1.29 is 0 Å². The van der Waals surface area contributed by atoms with Crippen molar-refractivity contribution in [3.8, 4) is 0 Å². The molecule has 0 aromatic heterocycles. The summed E-state index contributed by atoms with van der Waals surface area (Å²) in [5.74, 6) is 0.558. The van der Waals surface area contributed by atoms with E-state index in [4.69, 9.17) is 11.6 Å². The van der Waals surface area contributed by atoms with E-state index >= 15 is 0 Å². The van der Waals surface area contributed by atoms with Gasteiger partial charge in [-0.05, 0) is 33.3 Å². The van der Waals surface area contributed by atoms with E-state index in [0.717, 1.165) is 0 Å². The number of hydrogen-bond acceptors (Lipinski definition) is 0. The molecule has 0 bridgehead atoms. The van der Waals surface area contributed by atoms with Crippen molar-refractivity contribution in [2.24, 2.45) is 16.7 Å². The van der Waals surface area contributed by atoms with E-state index in [9.17, 15) is 0 Å². The van der Waals surface area contributed by atoms with Gasteiger partial charge in [-0.25, -0.2) is 0 Å². The van der Waals surface area contributed by atoms with Crippen LogP contribution in [0.4, 0.5) is 0 Å². The highest BCUT2D eigenvalue weighted by Gasteiger charge is 2.67. The highest BCUT2D eigenvalue weighted by atomic mass is 35.5. The van der Waals surface area contributed by atoms with Crippen molar-refractivity contribution in [2.75, 3.05) is 0 Å². The quantitative estimate of drug-likeness (QED) is 0.587. The van der Waals surface area contributed by atoms with Crippen LogP contribution in [-0.2, 0) is 5.41 Å². The van der Waals surface area contributed by atoms with Crippen LogP contribution in [0.3, 0.4) is 0 Å². The lowest BCUT2D eigenvalue weighted by Crippen LogP contribution is -2.11. The molecule has 2 rings (SSSR count). The predicted octanol–water partition coefficient (Wildman–Crippen LogP) is 5.95. The Hall–Kier alpha value is -0.490. The lowest BCUT2D eigenvalue weighted by atomic mass is 9.86. The molecule has 1 aliphatic carbocycles. The number of halogens is 1. The highest BCUT2D eigenvalue weighted by molar-refractivity contribution is 6.21. The Balaban J connectivity index is 2.21. The van der Waals surface area contributed by atoms with Crippen LogP contribution in [0.15, 0.2) is 24.3 Å². The van der Waals surface area contributed by atoms with Crippen LogP contribution in [-0.4, -0.2) is 0 Å². The number of hydrogen-bond donors (Lipinski definition) is 0. The summed E-state index contributed by atoms with van der Waals surface area (Å²) in [6, 6.07) is 8.88. The van der Waals surface area contributed by atoms with Crippen molar-refractivity contribution in [1.82, 2.24) is 0 Å². The molecule has 0 N–H and O–H groups in total. The maximum absolute atomic E-state index is 6.74. The molecule has 1 aromatic rings. The Kier molecular flexibility index (Phi) is 3.34. The smallest absolute Gasteiger partial charge is 0.0624 e. The van der Waals surface area contributed by atoms with Gasteiger partial charge in [0.1, 0.15) is 0 Å². The summed E-state index contributed by atoms with van der Waals surface area (Å²) >= 11 is 6.74. The van der Waals surface area contributed by atoms with Crippen LogP contribution in [0.2, 0.25) is 0 Å². The topological polar surface area (TPSA) is 0 Å². The highest BCUT2D eigenvalue weighted by Crippen LogP contribution is 2.73. The molecule has 1 atom stereocenters. The first kappa shape index (κ1) is 14.9. The molecule has 1 heteroatoms. The second-order valence-electron chi connectivity index (χ2n) is 8.19. The molecular formula is C18H27Cl. The van der Waals surface area contributed by atoms with Crippen LogP contribution in [0, 0.1) is 16.7 Å². The normalized spacial score (nSPS) is 23.2. The summed E-state index contributed by atoms with van der Waals surface area (Å²) in [6.07, 6.45) is 0. The Morgan fingerprint density at radius 3 is 1.68 bits per heavy atom. The molecule has 0 aliphatic heterocycles. The minimum Gasteiger partial charge on any atom is -0.117 e. The Morgan fingerprint density at radius 1 is 0.947 bits per heavy atom. The largest absolute Gasteiger partial charge is 0.117 e. The molecule has 1 fully saturated rings. The summed E-state index contributed by atoms with van der Waals surface area (Å²) in [5, 5.41) is 0.124. The van der Waals surface area contributed by atoms with Crippen LogP contribution in [0.25, 0.3) is 0 Å². The molecule has 0 spiro atoms. The maximum atomic E-state index is 6.74. The van der Waals surface area contributed by atoms with Gasteiger partial charge in [-0.2, -0.15) is 0 Å². The van der Waals surface area contributed by atoms with Crippen LogP contribution in [0.1, 0.15) is 65.0 Å². The second kappa shape index (κ2) is 4.25. The van der Waals surface area contributed by atoms with Gasteiger partial charge in [0.25, 0.3) is 0 Å². The number of benzene rings is 1. The lowest BCUT2D eigenvalue weighted by Gasteiger charge is -2.20. The molecule has 0 heterocycles. The zero-order valence-electron chi connectivity index (χ0n) is 13.3. The average molecular weight is 279 g/mol. The summed E-state index contributed by atoms with van der Waals surface area (Å²) in [4.78, 5) is 0. The molecular weight excluding hydrogens is 252 g/mol. The molecule has 19 heavy (non-hydrogen) atoms. The molecule has 1 aliphatic rings. The third kappa shape index (κ3) is 2.33. The van der Waals surface area contributed by atoms with E-state index in [2.05, 4.69) is 72.7 Å². The predicted molar refractivity (Wildman–Crippen MR) is 84.8 cm³/mol. The average Bonchev–Trinajstić information content (AvgIpc) is 2.67. The van der Waals surface area contributed by atoms with Crippen molar-refractivity contribution in [1.29, 1.82) is 0 Å². The molecule has 0 nitrogen and oxygen atoms in total. The Bertz CT molecular complexity index is 445. The Labute approximate surface area is 123 Å². The second-order valence-corrected chi connectivity index (χ2v) is 8.67. The first-order valence-electron chi connectivity index (χ1n) is 7.24. The fourth-order valence-electron chi connectivity index (χ4n) is 3.34. The van der Waals surface area contributed by atoms with Gasteiger partial charge in [0.2, 0.25) is 0 Å². The molecule has 0 amide bonds. The van der Waals surface area contributed by atoms with Crippen molar-refractivity contribution >= 4 is 11.6 Å². The van der Waals surface area contributed by atoms with Gasteiger partial charge < -0.3 is 0 Å². The Morgan fingerprint density at radius 2 is 1.37 bits per heavy atom. The summed E-state index contributed by atoms with van der Waals surface area (Å²) in [7, 11) is 0. The van der Waals surface area contributed by atoms with E-state index in [-0.39, 0.29) is 10.8 Å². The van der Waals surface area contributed by atoms with Gasteiger partial charge in [0.15, 0.2) is 0 Å². The van der Waals surface area contributed by atoms with Gasteiger partial charge in [0, 0.05) is 0 Å². The first-order valence-corrected chi connectivity index (χ1v) is 7.68. The van der Waals surface area contributed by atoms with Crippen LogP contribution in [0.5, 0.6) is 0 Å². The van der Waals surface area contributed by atoms with E-state index in [1.807, 2.05) is 0 Å². The SMILES string of the molecule is CC(C)(C)c1ccc(C(Cl)C2C(C)(C)C2(C)C)cc1. The zero-order chi connectivity index (χ0) is 14.6. The monoisotopic (exact) mass is 278 g/mol. The zero-order valence-corrected chi connectivity index (χ0v) is 14.1. The molecule has 1 unspecified atom stereocenters. The molecule has 1 aromatic carbocycles. The standard InChI is InChI=1S/C18H27Cl/c1-16(2,3)13-10-8-12(9-11-13)14(19)15-17(4,5)18(15,6)7/h8-11,14-15H,1-7H3. The van der Waals surface area contributed by atoms with Gasteiger partial charge in [-0.15, -0.1) is 11.6 Å². The van der Waals surface area contributed by atoms with E-state index < -0.39 is 0 Å². The third-order valence-corrected chi connectivity index (χ3v) is 6.02. The van der Waals surface area contributed by atoms with E-state index in [1.165, 1.54) is 11.1 Å². The van der Waals surface area contributed by atoms with Gasteiger partial charge >= 0.3 is 0 Å². The molecule has 1 saturated carbocycles. The van der Waals surface area contributed by atoms with E-state index in [0.29, 0.717) is 16.7 Å². The molecule has 106 valence electrons. The first-order chi connectivity index (χ1) is 8.49. The van der Waals surface area contributed by atoms with Crippen molar-refractivity contribution in [2.45, 2.75) is 59.3 Å². The van der Waals surface area contributed by atoms with Gasteiger partial charge in [0.05, 0.1) is 5.38 Å². The molecule has 0 radical (unpaired) electrons. The fraction of sp³-hybridized carbons (Fsp3) is 0.667. The summed E-state index contributed by atoms with van der Waals surface area (Å²) in [5.41, 5.74) is 3.51. The minimum atomic E-state index is 0.124. The van der Waals surface area contributed by atoms with Gasteiger partial charge in [-0.1, -0.05) is 72.7 Å². The van der Waals surface area contributed by atoms with Gasteiger partial charge in [-0.3, -0.25) is 0 Å². The number of rotatable bonds is 2. The number of alkyl halides is 1. The summed E-state index contributed by atoms with van der Waals surface area (Å²) < 4.78 is 0. The summed E-state index contributed by atoms with van der Waals surface area (Å²) in [6.45, 7) is 16.0. The molecule has 0 saturated heterocycles. The van der Waals surface area contributed by atoms with Crippen LogP contribution >= 0.6 is 11.6 Å². The maximum Gasteiger partial charge on any atom is 0.0624 e. The minimum absolute atomic E-state index is 0.124.